The summed E-state index contributed by atoms with van der Waals surface area (Å²) in [7, 11) is 0. The van der Waals surface area contributed by atoms with E-state index >= 15 is 0 Å². The first-order valence-corrected chi connectivity index (χ1v) is 10.7. The van der Waals surface area contributed by atoms with Gasteiger partial charge in [-0.15, -0.1) is 0 Å². The van der Waals surface area contributed by atoms with Crippen molar-refractivity contribution in [3.63, 3.8) is 0 Å². The quantitative estimate of drug-likeness (QED) is 0.390. The van der Waals surface area contributed by atoms with Gasteiger partial charge in [0.1, 0.15) is 0 Å². The van der Waals surface area contributed by atoms with E-state index in [1.165, 1.54) is 12.1 Å². The second-order valence-electron chi connectivity index (χ2n) is 6.61. The van der Waals surface area contributed by atoms with Gasteiger partial charge < -0.3 is 15.5 Å². The predicted molar refractivity (Wildman–Crippen MR) is 129 cm³/mol. The van der Waals surface area contributed by atoms with E-state index in [0.717, 1.165) is 5.69 Å². The topological polar surface area (TPSA) is 61.4 Å². The van der Waals surface area contributed by atoms with Gasteiger partial charge in [-0.25, -0.2) is 0 Å². The maximum atomic E-state index is 13.0. The lowest BCUT2D eigenvalue weighted by molar-refractivity contribution is -0.114. The van der Waals surface area contributed by atoms with Gasteiger partial charge in [-0.1, -0.05) is 59.1 Å². The molecule has 0 spiro atoms. The van der Waals surface area contributed by atoms with Crippen LogP contribution in [0.15, 0.2) is 66.7 Å². The third-order valence-corrected chi connectivity index (χ3v) is 5.51. The summed E-state index contributed by atoms with van der Waals surface area (Å²) in [4.78, 5) is 27.0. The van der Waals surface area contributed by atoms with E-state index in [4.69, 9.17) is 34.8 Å². The Morgan fingerprint density at radius 3 is 2.29 bits per heavy atom. The van der Waals surface area contributed by atoms with Crippen molar-refractivity contribution in [1.82, 2.24) is 0 Å². The van der Waals surface area contributed by atoms with Crippen LogP contribution in [-0.4, -0.2) is 24.9 Å². The highest BCUT2D eigenvalue weighted by atomic mass is 35.5. The Morgan fingerprint density at radius 2 is 1.58 bits per heavy atom. The van der Waals surface area contributed by atoms with Gasteiger partial charge in [-0.05, 0) is 49.4 Å². The molecule has 0 bridgehead atoms. The van der Waals surface area contributed by atoms with Crippen molar-refractivity contribution in [2.45, 2.75) is 6.92 Å². The molecule has 5 nitrogen and oxygen atoms in total. The molecule has 0 aliphatic heterocycles. The van der Waals surface area contributed by atoms with Crippen molar-refractivity contribution in [3.8, 4) is 0 Å². The molecule has 31 heavy (non-hydrogen) atoms. The summed E-state index contributed by atoms with van der Waals surface area (Å²) < 4.78 is 0. The number of carbonyl (C=O) groups excluding carboxylic acids is 2. The lowest BCUT2D eigenvalue weighted by Crippen LogP contribution is -2.30. The number of rotatable bonds is 7. The molecule has 3 aromatic carbocycles. The summed E-state index contributed by atoms with van der Waals surface area (Å²) in [6.45, 7) is 2.43. The van der Waals surface area contributed by atoms with Crippen LogP contribution in [0.4, 0.5) is 17.1 Å². The fraction of sp³-hybridized carbons (Fsp3) is 0.130. The molecule has 0 unspecified atom stereocenters. The summed E-state index contributed by atoms with van der Waals surface area (Å²) in [5.74, 6) is -0.444. The van der Waals surface area contributed by atoms with Crippen LogP contribution in [0.3, 0.4) is 0 Å². The molecule has 2 amide bonds. The summed E-state index contributed by atoms with van der Waals surface area (Å²) in [5.41, 5.74) is 2.36. The molecule has 0 saturated heterocycles. The molecular weight excluding hydrogens is 457 g/mol. The molecule has 0 radical (unpaired) electrons. The standard InChI is InChI=1S/C23H20Cl3N3O2/c1-2-29(17-9-4-3-5-10-17)23(31)15-7-6-8-16(11-15)27-14-22(30)28-21-13-19(25)18(24)12-20(21)26/h3-13,27H,2,14H2,1H3,(H,28,30). The zero-order valence-corrected chi connectivity index (χ0v) is 18.9. The molecule has 3 rings (SSSR count). The smallest absolute Gasteiger partial charge is 0.258 e. The molecule has 0 heterocycles. The van der Waals surface area contributed by atoms with Crippen molar-refractivity contribution < 1.29 is 9.59 Å². The second kappa shape index (κ2) is 10.5. The number of halogens is 3. The van der Waals surface area contributed by atoms with E-state index in [2.05, 4.69) is 10.6 Å². The average molecular weight is 477 g/mol. The van der Waals surface area contributed by atoms with E-state index in [1.54, 1.807) is 29.2 Å². The van der Waals surface area contributed by atoms with Crippen molar-refractivity contribution in [1.29, 1.82) is 0 Å². The molecule has 8 heteroatoms. The number of nitrogens with one attached hydrogen (secondary N) is 2. The highest BCUT2D eigenvalue weighted by molar-refractivity contribution is 6.44. The zero-order chi connectivity index (χ0) is 22.4. The predicted octanol–water partition coefficient (Wildman–Crippen LogP) is 6.36. The van der Waals surface area contributed by atoms with Crippen molar-refractivity contribution in [2.75, 3.05) is 28.6 Å². The lowest BCUT2D eigenvalue weighted by atomic mass is 10.1. The molecule has 0 atom stereocenters. The van der Waals surface area contributed by atoms with Gasteiger partial charge in [0.15, 0.2) is 0 Å². The fourth-order valence-electron chi connectivity index (χ4n) is 2.96. The second-order valence-corrected chi connectivity index (χ2v) is 7.84. The summed E-state index contributed by atoms with van der Waals surface area (Å²) >= 11 is 18.0. The Morgan fingerprint density at radius 1 is 0.871 bits per heavy atom. The monoisotopic (exact) mass is 475 g/mol. The van der Waals surface area contributed by atoms with E-state index < -0.39 is 0 Å². The average Bonchev–Trinajstić information content (AvgIpc) is 2.77. The molecular formula is C23H20Cl3N3O2. The van der Waals surface area contributed by atoms with Crippen molar-refractivity contribution in [3.05, 3.63) is 87.4 Å². The first kappa shape index (κ1) is 22.9. The fourth-order valence-corrected chi connectivity index (χ4v) is 3.56. The highest BCUT2D eigenvalue weighted by Gasteiger charge is 2.16. The Labute approximate surface area is 195 Å². The van der Waals surface area contributed by atoms with Crippen LogP contribution >= 0.6 is 34.8 Å². The minimum absolute atomic E-state index is 0.0234. The van der Waals surface area contributed by atoms with Crippen LogP contribution in [0, 0.1) is 0 Å². The first-order chi connectivity index (χ1) is 14.9. The highest BCUT2D eigenvalue weighted by Crippen LogP contribution is 2.32. The van der Waals surface area contributed by atoms with Gasteiger partial charge in [-0.2, -0.15) is 0 Å². The third-order valence-electron chi connectivity index (χ3n) is 4.48. The molecule has 2 N–H and O–H groups in total. The number of carbonyl (C=O) groups is 2. The van der Waals surface area contributed by atoms with Crippen LogP contribution in [0.5, 0.6) is 0 Å². The van der Waals surface area contributed by atoms with Crippen LogP contribution in [0.1, 0.15) is 17.3 Å². The lowest BCUT2D eigenvalue weighted by Gasteiger charge is -2.21. The summed E-state index contributed by atoms with van der Waals surface area (Å²) in [5, 5.41) is 6.59. The zero-order valence-electron chi connectivity index (χ0n) is 16.7. The summed E-state index contributed by atoms with van der Waals surface area (Å²) in [6.07, 6.45) is 0. The molecule has 0 aliphatic carbocycles. The normalized spacial score (nSPS) is 10.5. The van der Waals surface area contributed by atoms with E-state index in [-0.39, 0.29) is 23.4 Å². The number of para-hydroxylation sites is 1. The Bertz CT molecular complexity index is 1090. The van der Waals surface area contributed by atoms with E-state index in [1.807, 2.05) is 37.3 Å². The van der Waals surface area contributed by atoms with Gasteiger partial charge >= 0.3 is 0 Å². The first-order valence-electron chi connectivity index (χ1n) is 9.54. The van der Waals surface area contributed by atoms with Gasteiger partial charge in [0.25, 0.3) is 5.91 Å². The van der Waals surface area contributed by atoms with Crippen molar-refractivity contribution >= 4 is 63.7 Å². The Balaban J connectivity index is 1.66. The molecule has 160 valence electrons. The SMILES string of the molecule is CCN(C(=O)c1cccc(NCC(=O)Nc2cc(Cl)c(Cl)cc2Cl)c1)c1ccccc1. The minimum atomic E-state index is -0.323. The number of anilines is 3. The summed E-state index contributed by atoms with van der Waals surface area (Å²) in [6, 6.07) is 19.4. The third kappa shape index (κ3) is 5.91. The van der Waals surface area contributed by atoms with Gasteiger partial charge in [0.2, 0.25) is 5.91 Å². The molecule has 0 aromatic heterocycles. The number of amides is 2. The maximum absolute atomic E-state index is 13.0. The number of hydrogen-bond acceptors (Lipinski definition) is 3. The van der Waals surface area contributed by atoms with Crippen LogP contribution in [0.2, 0.25) is 15.1 Å². The van der Waals surface area contributed by atoms with E-state index in [9.17, 15) is 9.59 Å². The van der Waals surface area contributed by atoms with Gasteiger partial charge in [0, 0.05) is 23.5 Å². The Kier molecular flexibility index (Phi) is 7.80. The van der Waals surface area contributed by atoms with E-state index in [0.29, 0.717) is 33.5 Å². The number of nitrogens with zero attached hydrogens (tertiary/aromatic N) is 1. The maximum Gasteiger partial charge on any atom is 0.258 e. The Hall–Kier alpha value is -2.73. The van der Waals surface area contributed by atoms with Gasteiger partial charge in [0.05, 0.1) is 27.3 Å². The van der Waals surface area contributed by atoms with Crippen molar-refractivity contribution in [2.24, 2.45) is 0 Å². The number of benzene rings is 3. The van der Waals surface area contributed by atoms with Crippen LogP contribution < -0.4 is 15.5 Å². The number of hydrogen-bond donors (Lipinski definition) is 2. The van der Waals surface area contributed by atoms with Crippen LogP contribution in [-0.2, 0) is 4.79 Å². The molecule has 0 saturated carbocycles. The molecule has 3 aromatic rings. The van der Waals surface area contributed by atoms with Gasteiger partial charge in [-0.3, -0.25) is 9.59 Å². The minimum Gasteiger partial charge on any atom is -0.376 e. The van der Waals surface area contributed by atoms with Crippen LogP contribution in [0.25, 0.3) is 0 Å². The largest absolute Gasteiger partial charge is 0.376 e. The molecule has 0 fully saturated rings. The molecule has 0 aliphatic rings.